The lowest BCUT2D eigenvalue weighted by atomic mass is 10.0. The first-order valence-corrected chi connectivity index (χ1v) is 14.7. The first kappa shape index (κ1) is 26.4. The van der Waals surface area contributed by atoms with Crippen molar-refractivity contribution in [1.29, 1.82) is 0 Å². The van der Waals surface area contributed by atoms with Gasteiger partial charge in [-0.3, -0.25) is 14.5 Å². The number of hydrogen-bond acceptors (Lipinski definition) is 13. The predicted octanol–water partition coefficient (Wildman–Crippen LogP) is 2.02. The van der Waals surface area contributed by atoms with Crippen molar-refractivity contribution in [3.05, 3.63) is 27.9 Å². The summed E-state index contributed by atoms with van der Waals surface area (Å²) in [6.45, 7) is 2.40. The highest BCUT2D eigenvalue weighted by atomic mass is 32.2. The minimum absolute atomic E-state index is 0.0494. The second kappa shape index (κ2) is 12.0. The fraction of sp³-hybridized carbons (Fsp3) is 0.450. The van der Waals surface area contributed by atoms with Crippen LogP contribution in [-0.2, 0) is 19.2 Å². The van der Waals surface area contributed by atoms with Crippen molar-refractivity contribution in [3.63, 3.8) is 0 Å². The van der Waals surface area contributed by atoms with Gasteiger partial charge in [-0.2, -0.15) is 0 Å². The van der Waals surface area contributed by atoms with Crippen molar-refractivity contribution in [2.24, 2.45) is 5.16 Å². The molecule has 0 saturated carbocycles. The number of fused-ring (bicyclic) bond motifs is 1. The zero-order valence-electron chi connectivity index (χ0n) is 19.1. The van der Waals surface area contributed by atoms with Crippen molar-refractivity contribution >= 4 is 74.8 Å². The molecule has 2 amide bonds. The molecule has 4 rings (SSSR count). The van der Waals surface area contributed by atoms with Gasteiger partial charge in [0.1, 0.15) is 34.9 Å². The number of carboxylic acids is 1. The largest absolute Gasteiger partial charge is 0.477 e. The number of β-lactam (4-membered cyclic amide) rings is 1. The Labute approximate surface area is 222 Å². The molecule has 1 unspecified atom stereocenters. The van der Waals surface area contributed by atoms with E-state index in [-0.39, 0.29) is 22.2 Å². The third-order valence-corrected chi connectivity index (χ3v) is 9.18. The molecular weight excluding hydrogens is 547 g/mol. The number of nitrogen functional groups attached to an aromatic ring is 1. The second-order valence-electron chi connectivity index (χ2n) is 7.66. The number of carbonyl (C=O) groups is 3. The van der Waals surface area contributed by atoms with E-state index in [1.165, 1.54) is 39.8 Å². The summed E-state index contributed by atoms with van der Waals surface area (Å²) in [5.74, 6) is -1.56. The molecule has 192 valence electrons. The number of nitrogens with zero attached hydrogens (tertiary/aromatic N) is 5. The lowest BCUT2D eigenvalue weighted by Crippen LogP contribution is -2.71. The van der Waals surface area contributed by atoms with Gasteiger partial charge in [0.25, 0.3) is 11.8 Å². The Morgan fingerprint density at radius 3 is 2.89 bits per heavy atom. The molecular formula is C20H23N7O5S4. The molecule has 4 N–H and O–H groups in total. The van der Waals surface area contributed by atoms with Crippen molar-refractivity contribution in [2.45, 2.75) is 41.9 Å². The molecule has 2 aliphatic rings. The number of nitrogens with two attached hydrogens (primary N) is 1. The topological polar surface area (TPSA) is 173 Å². The number of unbranched alkanes of at least 4 members (excludes halogenated alkanes) is 2. The molecule has 1 fully saturated rings. The zero-order chi connectivity index (χ0) is 25.7. The van der Waals surface area contributed by atoms with Gasteiger partial charge in [-0.25, -0.2) is 9.78 Å². The normalized spacial score (nSPS) is 19.6. The standard InChI is InChI=1S/C20H23N7O5S4/c1-2-3-4-5-32-26-12(11-8-34-19(21)23-11)15(28)24-13-16(29)27-14(18(30)31)10(6-33-17(13)27)7-35-20-25-22-9-36-20/h8-9,13,17H,2-7H2,1H3,(H2,21,23)(H,24,28)(H,30,31)/b26-12-/t13?,17-/m1/s1. The van der Waals surface area contributed by atoms with Crippen LogP contribution in [0.3, 0.4) is 0 Å². The number of carbonyl (C=O) groups excluding carboxylic acids is 2. The molecule has 4 heterocycles. The molecule has 2 aliphatic heterocycles. The average molecular weight is 570 g/mol. The van der Waals surface area contributed by atoms with Crippen LogP contribution in [0.1, 0.15) is 31.9 Å². The van der Waals surface area contributed by atoms with E-state index in [0.29, 0.717) is 28.0 Å². The summed E-state index contributed by atoms with van der Waals surface area (Å²) in [5.41, 5.74) is 8.03. The van der Waals surface area contributed by atoms with Crippen molar-refractivity contribution in [3.8, 4) is 0 Å². The second-order valence-corrected chi connectivity index (χ2v) is 11.7. The minimum atomic E-state index is -1.19. The molecule has 36 heavy (non-hydrogen) atoms. The summed E-state index contributed by atoms with van der Waals surface area (Å²) in [6, 6.07) is -0.907. The van der Waals surface area contributed by atoms with Crippen LogP contribution >= 0.6 is 46.2 Å². The fourth-order valence-corrected chi connectivity index (χ4v) is 7.03. The number of thiazole rings is 1. The van der Waals surface area contributed by atoms with Gasteiger partial charge in [-0.1, -0.05) is 48.0 Å². The molecule has 12 nitrogen and oxygen atoms in total. The van der Waals surface area contributed by atoms with E-state index in [2.05, 4.69) is 32.6 Å². The van der Waals surface area contributed by atoms with Crippen LogP contribution in [0.25, 0.3) is 0 Å². The van der Waals surface area contributed by atoms with Gasteiger partial charge in [-0.15, -0.1) is 33.3 Å². The van der Waals surface area contributed by atoms with E-state index in [1.807, 2.05) is 0 Å². The van der Waals surface area contributed by atoms with Crippen molar-refractivity contribution in [2.75, 3.05) is 23.8 Å². The lowest BCUT2D eigenvalue weighted by Gasteiger charge is -2.49. The lowest BCUT2D eigenvalue weighted by molar-refractivity contribution is -0.150. The highest BCUT2D eigenvalue weighted by Crippen LogP contribution is 2.41. The highest BCUT2D eigenvalue weighted by Gasteiger charge is 2.54. The number of carboxylic acid groups (broad SMARTS) is 1. The average Bonchev–Trinajstić information content (AvgIpc) is 3.54. The van der Waals surface area contributed by atoms with Crippen LogP contribution < -0.4 is 11.1 Å². The molecule has 1 saturated heterocycles. The van der Waals surface area contributed by atoms with Crippen LogP contribution in [-0.4, -0.2) is 78.2 Å². The van der Waals surface area contributed by atoms with Crippen LogP contribution in [0.15, 0.2) is 31.7 Å². The first-order chi connectivity index (χ1) is 17.4. The summed E-state index contributed by atoms with van der Waals surface area (Å²) in [7, 11) is 0. The number of hydrogen-bond donors (Lipinski definition) is 3. The molecule has 2 aromatic rings. The number of oxime groups is 1. The molecule has 16 heteroatoms. The molecule has 0 bridgehead atoms. The van der Waals surface area contributed by atoms with Crippen LogP contribution in [0.2, 0.25) is 0 Å². The van der Waals surface area contributed by atoms with Gasteiger partial charge in [0.15, 0.2) is 15.2 Å². The Balaban J connectivity index is 1.46. The quantitative estimate of drug-likeness (QED) is 0.112. The summed E-state index contributed by atoms with van der Waals surface area (Å²) in [4.78, 5) is 48.8. The number of rotatable bonds is 12. The van der Waals surface area contributed by atoms with Gasteiger partial charge < -0.3 is 21.0 Å². The van der Waals surface area contributed by atoms with Gasteiger partial charge >= 0.3 is 5.97 Å². The van der Waals surface area contributed by atoms with Crippen molar-refractivity contribution in [1.82, 2.24) is 25.4 Å². The minimum Gasteiger partial charge on any atom is -0.477 e. The molecule has 0 spiro atoms. The Bertz CT molecular complexity index is 1180. The molecule has 2 aromatic heterocycles. The highest BCUT2D eigenvalue weighted by molar-refractivity contribution is 8.01. The third kappa shape index (κ3) is 5.82. The maximum absolute atomic E-state index is 13.1. The molecule has 0 aliphatic carbocycles. The Morgan fingerprint density at radius 1 is 1.39 bits per heavy atom. The number of amides is 2. The van der Waals surface area contributed by atoms with E-state index < -0.39 is 29.2 Å². The number of aliphatic carboxylic acids is 1. The van der Waals surface area contributed by atoms with Crippen LogP contribution in [0.5, 0.6) is 0 Å². The Kier molecular flexibility index (Phi) is 8.81. The predicted molar refractivity (Wildman–Crippen MR) is 139 cm³/mol. The van der Waals surface area contributed by atoms with Gasteiger partial charge in [0.2, 0.25) is 0 Å². The smallest absolute Gasteiger partial charge is 0.352 e. The zero-order valence-corrected chi connectivity index (χ0v) is 22.3. The summed E-state index contributed by atoms with van der Waals surface area (Å²) in [5, 5.41) is 25.5. The van der Waals surface area contributed by atoms with E-state index in [9.17, 15) is 19.5 Å². The van der Waals surface area contributed by atoms with Gasteiger partial charge in [-0.05, 0) is 12.0 Å². The molecule has 0 aromatic carbocycles. The van der Waals surface area contributed by atoms with Gasteiger partial charge in [0, 0.05) is 16.9 Å². The third-order valence-electron chi connectivity index (χ3n) is 5.22. The Hall–Kier alpha value is -2.69. The summed E-state index contributed by atoms with van der Waals surface area (Å²) < 4.78 is 0.714. The maximum Gasteiger partial charge on any atom is 0.352 e. The number of anilines is 1. The van der Waals surface area contributed by atoms with E-state index in [4.69, 9.17) is 10.6 Å². The van der Waals surface area contributed by atoms with E-state index in [0.717, 1.165) is 30.6 Å². The summed E-state index contributed by atoms with van der Waals surface area (Å²) in [6.07, 6.45) is 2.76. The van der Waals surface area contributed by atoms with E-state index >= 15 is 0 Å². The maximum atomic E-state index is 13.1. The molecule has 2 atom stereocenters. The molecule has 0 radical (unpaired) electrons. The van der Waals surface area contributed by atoms with Gasteiger partial charge in [0.05, 0.1) is 0 Å². The SMILES string of the molecule is CCCCCO/N=C(\C(=O)NC1C(=O)N2C(C(=O)O)=C(CSc3nncs3)CS[C@H]12)c1csc(N)n1. The van der Waals surface area contributed by atoms with Crippen LogP contribution in [0, 0.1) is 0 Å². The number of nitrogens with one attached hydrogen (secondary N) is 1. The summed E-state index contributed by atoms with van der Waals surface area (Å²) >= 11 is 5.27. The monoisotopic (exact) mass is 569 g/mol. The first-order valence-electron chi connectivity index (χ1n) is 10.9. The van der Waals surface area contributed by atoms with Crippen molar-refractivity contribution < 1.29 is 24.3 Å². The van der Waals surface area contributed by atoms with E-state index in [1.54, 1.807) is 10.9 Å². The fourth-order valence-electron chi connectivity index (χ4n) is 3.51. The Morgan fingerprint density at radius 2 is 2.22 bits per heavy atom. The van der Waals surface area contributed by atoms with Crippen LogP contribution in [0.4, 0.5) is 5.13 Å². The number of thioether (sulfide) groups is 2. The number of aromatic nitrogens is 3.